The van der Waals surface area contributed by atoms with Crippen LogP contribution in [0.1, 0.15) is 77.6 Å². The van der Waals surface area contributed by atoms with Crippen molar-refractivity contribution in [3.05, 3.63) is 42.7 Å². The summed E-state index contributed by atoms with van der Waals surface area (Å²) >= 11 is 0. The van der Waals surface area contributed by atoms with Gasteiger partial charge >= 0.3 is 5.97 Å². The van der Waals surface area contributed by atoms with Gasteiger partial charge < -0.3 is 10.2 Å². The Bertz CT molecular complexity index is 514. The summed E-state index contributed by atoms with van der Waals surface area (Å²) in [5, 5.41) is 19.2. The lowest BCUT2D eigenvalue weighted by molar-refractivity contribution is -0.157. The molecule has 0 aromatic heterocycles. The van der Waals surface area contributed by atoms with Crippen LogP contribution >= 0.6 is 0 Å². The molecule has 3 heteroatoms. The Labute approximate surface area is 159 Å². The van der Waals surface area contributed by atoms with Gasteiger partial charge in [-0.15, -0.1) is 12.3 Å². The number of aliphatic hydroxyl groups is 1. The smallest absolute Gasteiger partial charge is 0.336 e. The van der Waals surface area contributed by atoms with Crippen molar-refractivity contribution in [3.8, 4) is 0 Å². The number of hydrogen-bond donors (Lipinski definition) is 2. The molecule has 1 rings (SSSR count). The van der Waals surface area contributed by atoms with Crippen molar-refractivity contribution in [1.82, 2.24) is 0 Å². The standard InChI is InChI=1S/C23H36O3/c1-3-5-6-7-8-10-14-20-16-13-17-21(20)15-11-9-12-19-23(26,18-4-2)22(24)25/h4,10-12,14,20-21,26H,2-3,5-8,13,15-19H2,1H3,(H,24,25)/t9?,20-,21-,23?/m0/s1. The Morgan fingerprint density at radius 3 is 2.73 bits per heavy atom. The van der Waals surface area contributed by atoms with Crippen LogP contribution in [0.3, 0.4) is 0 Å². The molecule has 1 fully saturated rings. The number of unbranched alkanes of at least 4 members (excludes halogenated alkanes) is 4. The second-order valence-corrected chi connectivity index (χ2v) is 7.48. The van der Waals surface area contributed by atoms with Crippen LogP contribution in [-0.2, 0) is 4.79 Å². The molecule has 0 saturated heterocycles. The Kier molecular flexibility index (Phi) is 11.0. The SMILES string of the molecule is C=CCC(O)(CC=C=CC[C@H]1CCC[C@@H]1C=CCCCCCC)C(=O)O. The van der Waals surface area contributed by atoms with Gasteiger partial charge in [0, 0.05) is 12.8 Å². The number of aliphatic carboxylic acids is 1. The predicted octanol–water partition coefficient (Wildman–Crippen LogP) is 5.81. The largest absolute Gasteiger partial charge is 0.479 e. The van der Waals surface area contributed by atoms with Crippen LogP contribution in [0.25, 0.3) is 0 Å². The Balaban J connectivity index is 2.42. The number of rotatable bonds is 13. The molecule has 0 spiro atoms. The van der Waals surface area contributed by atoms with E-state index in [-0.39, 0.29) is 12.8 Å². The minimum absolute atomic E-state index is 0.0360. The first-order chi connectivity index (χ1) is 12.5. The highest BCUT2D eigenvalue weighted by Crippen LogP contribution is 2.35. The first-order valence-electron chi connectivity index (χ1n) is 10.2. The normalized spacial score (nSPS) is 21.9. The van der Waals surface area contributed by atoms with Crippen molar-refractivity contribution in [2.45, 2.75) is 83.2 Å². The molecule has 3 atom stereocenters. The van der Waals surface area contributed by atoms with E-state index in [0.29, 0.717) is 11.8 Å². The first-order valence-corrected chi connectivity index (χ1v) is 10.2. The molecule has 1 saturated carbocycles. The van der Waals surface area contributed by atoms with Crippen molar-refractivity contribution in [1.29, 1.82) is 0 Å². The zero-order chi connectivity index (χ0) is 19.3. The molecule has 0 aliphatic heterocycles. The quantitative estimate of drug-likeness (QED) is 0.247. The third kappa shape index (κ3) is 8.21. The van der Waals surface area contributed by atoms with Gasteiger partial charge in [0.25, 0.3) is 0 Å². The minimum atomic E-state index is -1.76. The van der Waals surface area contributed by atoms with Gasteiger partial charge in [0.1, 0.15) is 0 Å². The maximum atomic E-state index is 11.1. The highest BCUT2D eigenvalue weighted by Gasteiger charge is 2.33. The molecule has 0 radical (unpaired) electrons. The van der Waals surface area contributed by atoms with E-state index in [1.54, 1.807) is 6.08 Å². The van der Waals surface area contributed by atoms with Gasteiger partial charge in [0.2, 0.25) is 0 Å². The summed E-state index contributed by atoms with van der Waals surface area (Å²) in [7, 11) is 0. The number of carboxylic acid groups (broad SMARTS) is 1. The molecule has 0 amide bonds. The lowest BCUT2D eigenvalue weighted by Crippen LogP contribution is -2.37. The predicted molar refractivity (Wildman–Crippen MR) is 108 cm³/mol. The van der Waals surface area contributed by atoms with Crippen LogP contribution in [0.15, 0.2) is 42.7 Å². The monoisotopic (exact) mass is 360 g/mol. The van der Waals surface area contributed by atoms with Gasteiger partial charge in [-0.1, -0.05) is 50.8 Å². The lowest BCUT2D eigenvalue weighted by atomic mass is 9.92. The van der Waals surface area contributed by atoms with Gasteiger partial charge in [0.15, 0.2) is 5.60 Å². The van der Waals surface area contributed by atoms with Crippen LogP contribution in [0.4, 0.5) is 0 Å². The van der Waals surface area contributed by atoms with Crippen molar-refractivity contribution in [2.24, 2.45) is 11.8 Å². The third-order valence-corrected chi connectivity index (χ3v) is 5.30. The fourth-order valence-corrected chi connectivity index (χ4v) is 3.60. The molecule has 0 aromatic carbocycles. The van der Waals surface area contributed by atoms with Gasteiger partial charge in [-0.25, -0.2) is 4.79 Å². The Morgan fingerprint density at radius 1 is 1.23 bits per heavy atom. The Morgan fingerprint density at radius 2 is 2.04 bits per heavy atom. The first kappa shape index (κ1) is 22.5. The highest BCUT2D eigenvalue weighted by atomic mass is 16.4. The number of allylic oxidation sites excluding steroid dienone is 2. The molecular formula is C23H36O3. The second kappa shape index (κ2) is 12.7. The van der Waals surface area contributed by atoms with Crippen LogP contribution in [0.2, 0.25) is 0 Å². The summed E-state index contributed by atoms with van der Waals surface area (Å²) in [6.07, 6.45) is 21.1. The van der Waals surface area contributed by atoms with E-state index < -0.39 is 11.6 Å². The average molecular weight is 361 g/mol. The maximum absolute atomic E-state index is 11.1. The summed E-state index contributed by atoms with van der Waals surface area (Å²) in [4.78, 5) is 11.1. The van der Waals surface area contributed by atoms with Crippen molar-refractivity contribution >= 4 is 5.97 Å². The van der Waals surface area contributed by atoms with Crippen LogP contribution in [0.5, 0.6) is 0 Å². The summed E-state index contributed by atoms with van der Waals surface area (Å²) in [6.45, 7) is 5.75. The van der Waals surface area contributed by atoms with E-state index in [1.807, 2.05) is 6.08 Å². The van der Waals surface area contributed by atoms with Crippen molar-refractivity contribution in [2.75, 3.05) is 0 Å². The van der Waals surface area contributed by atoms with E-state index >= 15 is 0 Å². The molecule has 2 N–H and O–H groups in total. The third-order valence-electron chi connectivity index (χ3n) is 5.30. The molecular weight excluding hydrogens is 324 g/mol. The van der Waals surface area contributed by atoms with Crippen molar-refractivity contribution < 1.29 is 15.0 Å². The van der Waals surface area contributed by atoms with Gasteiger partial charge in [-0.05, 0) is 56.1 Å². The van der Waals surface area contributed by atoms with E-state index in [1.165, 1.54) is 57.4 Å². The van der Waals surface area contributed by atoms with E-state index in [9.17, 15) is 9.90 Å². The molecule has 1 aliphatic rings. The summed E-state index contributed by atoms with van der Waals surface area (Å²) in [5.74, 6) is 0.112. The Hall–Kier alpha value is -1.57. The van der Waals surface area contributed by atoms with Gasteiger partial charge in [-0.2, -0.15) is 0 Å². The average Bonchev–Trinajstić information content (AvgIpc) is 3.05. The fourth-order valence-electron chi connectivity index (χ4n) is 3.60. The molecule has 0 aromatic rings. The van der Waals surface area contributed by atoms with Gasteiger partial charge in [0.05, 0.1) is 0 Å². The molecule has 0 heterocycles. The molecule has 1 unspecified atom stereocenters. The minimum Gasteiger partial charge on any atom is -0.479 e. The van der Waals surface area contributed by atoms with E-state index in [0.717, 1.165) is 6.42 Å². The van der Waals surface area contributed by atoms with Crippen LogP contribution in [0, 0.1) is 11.8 Å². The zero-order valence-corrected chi connectivity index (χ0v) is 16.3. The number of carbonyl (C=O) groups is 1. The summed E-state index contributed by atoms with van der Waals surface area (Å²) in [5.41, 5.74) is 1.30. The topological polar surface area (TPSA) is 57.5 Å². The molecule has 1 aliphatic carbocycles. The second-order valence-electron chi connectivity index (χ2n) is 7.48. The zero-order valence-electron chi connectivity index (χ0n) is 16.3. The van der Waals surface area contributed by atoms with Crippen LogP contribution in [-0.4, -0.2) is 21.8 Å². The maximum Gasteiger partial charge on any atom is 0.336 e. The molecule has 0 bridgehead atoms. The fraction of sp³-hybridized carbons (Fsp3) is 0.652. The summed E-state index contributed by atoms with van der Waals surface area (Å²) < 4.78 is 0. The van der Waals surface area contributed by atoms with Crippen LogP contribution < -0.4 is 0 Å². The lowest BCUT2D eigenvalue weighted by Gasteiger charge is -2.19. The van der Waals surface area contributed by atoms with E-state index in [4.69, 9.17) is 5.11 Å². The number of hydrogen-bond acceptors (Lipinski definition) is 2. The number of carboxylic acids is 1. The molecule has 3 nitrogen and oxygen atoms in total. The molecule has 146 valence electrons. The summed E-state index contributed by atoms with van der Waals surface area (Å²) in [6, 6.07) is 0. The highest BCUT2D eigenvalue weighted by molar-refractivity contribution is 5.77. The van der Waals surface area contributed by atoms with E-state index in [2.05, 4.69) is 31.4 Å². The van der Waals surface area contributed by atoms with Crippen molar-refractivity contribution in [3.63, 3.8) is 0 Å². The van der Waals surface area contributed by atoms with Gasteiger partial charge in [-0.3, -0.25) is 0 Å². The molecule has 26 heavy (non-hydrogen) atoms.